The number of nitriles is 1. The Labute approximate surface area is 167 Å². The van der Waals surface area contributed by atoms with E-state index in [4.69, 9.17) is 0 Å². The van der Waals surface area contributed by atoms with Gasteiger partial charge in [0.1, 0.15) is 10.8 Å². The zero-order valence-electron chi connectivity index (χ0n) is 15.3. The van der Waals surface area contributed by atoms with E-state index in [1.165, 1.54) is 17.1 Å². The van der Waals surface area contributed by atoms with E-state index in [-0.39, 0.29) is 5.78 Å². The number of thioether (sulfide) groups is 1. The minimum atomic E-state index is 0.117. The molecule has 0 aliphatic carbocycles. The molecule has 3 aromatic rings. The van der Waals surface area contributed by atoms with Crippen LogP contribution < -0.4 is 0 Å². The van der Waals surface area contributed by atoms with Gasteiger partial charge in [-0.2, -0.15) is 10.4 Å². The van der Waals surface area contributed by atoms with Crippen molar-refractivity contribution in [3.63, 3.8) is 0 Å². The van der Waals surface area contributed by atoms with Gasteiger partial charge in [-0.3, -0.25) is 4.79 Å². The van der Waals surface area contributed by atoms with Gasteiger partial charge in [-0.1, -0.05) is 36.4 Å². The Kier molecular flexibility index (Phi) is 5.05. The lowest BCUT2D eigenvalue weighted by atomic mass is 9.96. The Bertz CT molecular complexity index is 1190. The van der Waals surface area contributed by atoms with Crippen molar-refractivity contribution in [2.75, 3.05) is 5.75 Å². The third-order valence-corrected chi connectivity index (χ3v) is 5.63. The molecule has 1 heterocycles. The minimum Gasteiger partial charge on any atom is -0.299 e. The number of benzene rings is 3. The van der Waals surface area contributed by atoms with Crippen LogP contribution in [0.1, 0.15) is 24.5 Å². The molecule has 0 aromatic heterocycles. The smallest absolute Gasteiger partial charge is 0.140 e. The summed E-state index contributed by atoms with van der Waals surface area (Å²) in [5, 5.41) is 21.1. The van der Waals surface area contributed by atoms with Gasteiger partial charge in [-0.05, 0) is 53.1 Å². The Morgan fingerprint density at radius 3 is 2.57 bits per heavy atom. The largest absolute Gasteiger partial charge is 0.299 e. The van der Waals surface area contributed by atoms with E-state index in [9.17, 15) is 10.1 Å². The number of fused-ring (bicyclic) bond motifs is 1. The molecule has 28 heavy (non-hydrogen) atoms. The van der Waals surface area contributed by atoms with Crippen molar-refractivity contribution in [3.05, 3.63) is 71.8 Å². The Morgan fingerprint density at radius 1 is 1.00 bits per heavy atom. The minimum absolute atomic E-state index is 0.117. The summed E-state index contributed by atoms with van der Waals surface area (Å²) in [5.41, 5.74) is 4.35. The second-order valence-electron chi connectivity index (χ2n) is 6.68. The fourth-order valence-electron chi connectivity index (χ4n) is 3.15. The topological polar surface area (TPSA) is 65.6 Å². The van der Waals surface area contributed by atoms with Crippen molar-refractivity contribution < 1.29 is 4.79 Å². The lowest BCUT2D eigenvalue weighted by Gasteiger charge is -2.08. The van der Waals surface area contributed by atoms with Gasteiger partial charge in [0, 0.05) is 12.0 Å². The van der Waals surface area contributed by atoms with Crippen molar-refractivity contribution in [1.29, 1.82) is 5.26 Å². The number of hydrogen-bond acceptors (Lipinski definition) is 5. The van der Waals surface area contributed by atoms with Gasteiger partial charge in [-0.25, -0.2) is 0 Å². The summed E-state index contributed by atoms with van der Waals surface area (Å²) in [6, 6.07) is 22.6. The average molecular weight is 383 g/mol. The van der Waals surface area contributed by atoms with E-state index in [1.54, 1.807) is 6.92 Å². The number of ketones is 1. The van der Waals surface area contributed by atoms with Gasteiger partial charge in [0.15, 0.2) is 0 Å². The molecule has 0 unspecified atom stereocenters. The van der Waals surface area contributed by atoms with E-state index in [2.05, 4.69) is 52.7 Å². The maximum Gasteiger partial charge on any atom is 0.140 e. The molecular formula is C23H17N3OS. The molecule has 136 valence electrons. The maximum atomic E-state index is 11.2. The number of hydrogen-bond donors (Lipinski definition) is 0. The lowest BCUT2D eigenvalue weighted by molar-refractivity contribution is -0.114. The molecule has 1 aliphatic rings. The fraction of sp³-hybridized carbons (Fsp3) is 0.130. The number of nitrogens with zero attached hydrogens (tertiary/aromatic N) is 3. The first-order valence-electron chi connectivity index (χ1n) is 8.93. The molecule has 0 spiro atoms. The molecule has 5 heteroatoms. The summed E-state index contributed by atoms with van der Waals surface area (Å²) < 4.78 is 0. The second-order valence-corrected chi connectivity index (χ2v) is 7.73. The maximum absolute atomic E-state index is 11.2. The van der Waals surface area contributed by atoms with E-state index < -0.39 is 0 Å². The van der Waals surface area contributed by atoms with Gasteiger partial charge in [0.25, 0.3) is 0 Å². The van der Waals surface area contributed by atoms with Crippen LogP contribution in [-0.2, 0) is 4.79 Å². The van der Waals surface area contributed by atoms with E-state index >= 15 is 0 Å². The SMILES string of the molecule is CC(=O)CSC1=NN=C(c2cc(C#N)cc(-c3ccc4ccccc4c3)c2)C1. The van der Waals surface area contributed by atoms with Crippen LogP contribution in [0, 0.1) is 11.3 Å². The Balaban J connectivity index is 1.65. The number of rotatable bonds is 4. The van der Waals surface area contributed by atoms with E-state index in [1.807, 2.05) is 24.3 Å². The lowest BCUT2D eigenvalue weighted by Crippen LogP contribution is -2.04. The first kappa shape index (κ1) is 18.1. The summed E-state index contributed by atoms with van der Waals surface area (Å²) in [4.78, 5) is 11.2. The molecule has 4 nitrogen and oxygen atoms in total. The zero-order chi connectivity index (χ0) is 19.5. The summed E-state index contributed by atoms with van der Waals surface area (Å²) in [6.07, 6.45) is 0.587. The molecule has 0 saturated heterocycles. The predicted molar refractivity (Wildman–Crippen MR) is 116 cm³/mol. The van der Waals surface area contributed by atoms with E-state index in [0.717, 1.165) is 32.8 Å². The molecular weight excluding hydrogens is 366 g/mol. The highest BCUT2D eigenvalue weighted by atomic mass is 32.2. The fourth-order valence-corrected chi connectivity index (χ4v) is 3.86. The summed E-state index contributed by atoms with van der Waals surface area (Å²) in [5.74, 6) is 0.522. The molecule has 1 aliphatic heterocycles. The predicted octanol–water partition coefficient (Wildman–Crippen LogP) is 5.21. The summed E-state index contributed by atoms with van der Waals surface area (Å²) in [6.45, 7) is 1.57. The van der Waals surface area contributed by atoms with Crippen LogP contribution in [-0.4, -0.2) is 22.3 Å². The molecule has 0 N–H and O–H groups in total. The average Bonchev–Trinajstić information content (AvgIpc) is 3.20. The van der Waals surface area contributed by atoms with Crippen LogP contribution >= 0.6 is 11.8 Å². The Morgan fingerprint density at radius 2 is 1.79 bits per heavy atom. The standard InChI is InChI=1S/C23H17N3OS/c1-15(27)14-28-23-12-22(25-26-23)21-9-16(13-24)8-20(11-21)19-7-6-17-4-2-3-5-18(17)10-19/h2-11H,12,14H2,1H3. The third kappa shape index (κ3) is 3.88. The van der Waals surface area contributed by atoms with Crippen LogP contribution in [0.3, 0.4) is 0 Å². The number of carbonyl (C=O) groups excluding carboxylic acids is 1. The molecule has 0 radical (unpaired) electrons. The zero-order valence-corrected chi connectivity index (χ0v) is 16.2. The van der Waals surface area contributed by atoms with Crippen molar-refractivity contribution in [1.82, 2.24) is 0 Å². The molecule has 4 rings (SSSR count). The monoisotopic (exact) mass is 383 g/mol. The summed E-state index contributed by atoms with van der Waals surface area (Å²) >= 11 is 1.42. The van der Waals surface area contributed by atoms with Gasteiger partial charge >= 0.3 is 0 Å². The number of Topliss-reactive ketones (excluding diaryl/α,β-unsaturated/α-hetero) is 1. The van der Waals surface area contributed by atoms with Crippen LogP contribution in [0.5, 0.6) is 0 Å². The summed E-state index contributed by atoms with van der Waals surface area (Å²) in [7, 11) is 0. The van der Waals surface area contributed by atoms with Gasteiger partial charge in [0.2, 0.25) is 0 Å². The number of carbonyl (C=O) groups is 1. The molecule has 0 amide bonds. The first-order chi connectivity index (χ1) is 13.6. The van der Waals surface area contributed by atoms with Gasteiger partial charge in [0.05, 0.1) is 23.1 Å². The van der Waals surface area contributed by atoms with Crippen molar-refractivity contribution in [2.45, 2.75) is 13.3 Å². The van der Waals surface area contributed by atoms with Gasteiger partial charge in [-0.15, -0.1) is 16.9 Å². The normalized spacial score (nSPS) is 13.1. The first-order valence-corrected chi connectivity index (χ1v) is 9.91. The molecule has 3 aromatic carbocycles. The molecule has 0 fully saturated rings. The van der Waals surface area contributed by atoms with Crippen molar-refractivity contribution in [3.8, 4) is 17.2 Å². The molecule has 0 bridgehead atoms. The van der Waals surface area contributed by atoms with Crippen LogP contribution in [0.4, 0.5) is 0 Å². The highest BCUT2D eigenvalue weighted by Crippen LogP contribution is 2.28. The molecule has 0 saturated carbocycles. The van der Waals surface area contributed by atoms with E-state index in [0.29, 0.717) is 17.7 Å². The quantitative estimate of drug-likeness (QED) is 0.621. The van der Waals surface area contributed by atoms with Crippen LogP contribution in [0.15, 0.2) is 70.9 Å². The third-order valence-electron chi connectivity index (χ3n) is 4.52. The highest BCUT2D eigenvalue weighted by molar-refractivity contribution is 8.14. The highest BCUT2D eigenvalue weighted by Gasteiger charge is 2.17. The van der Waals surface area contributed by atoms with Crippen molar-refractivity contribution >= 4 is 39.1 Å². The Hall–Kier alpha value is -3.23. The second kappa shape index (κ2) is 7.79. The van der Waals surface area contributed by atoms with Crippen LogP contribution in [0.2, 0.25) is 0 Å². The van der Waals surface area contributed by atoms with Gasteiger partial charge < -0.3 is 0 Å². The van der Waals surface area contributed by atoms with Crippen molar-refractivity contribution in [2.24, 2.45) is 10.2 Å². The van der Waals surface area contributed by atoms with Crippen LogP contribution in [0.25, 0.3) is 21.9 Å². The molecule has 0 atom stereocenters.